The summed E-state index contributed by atoms with van der Waals surface area (Å²) in [7, 11) is 2.64. The summed E-state index contributed by atoms with van der Waals surface area (Å²) < 4.78 is 4.52. The molecule has 0 aliphatic rings. The number of ether oxygens (including phenoxy) is 1. The molecule has 19 heavy (non-hydrogen) atoms. The van der Waals surface area contributed by atoms with Gasteiger partial charge in [0, 0.05) is 13.6 Å². The maximum absolute atomic E-state index is 12.2. The Balaban J connectivity index is 4.99. The first-order valence-electron chi connectivity index (χ1n) is 6.01. The van der Waals surface area contributed by atoms with Crippen LogP contribution in [-0.4, -0.2) is 65.7 Å². The molecule has 2 amide bonds. The van der Waals surface area contributed by atoms with Gasteiger partial charge in [0.05, 0.1) is 7.11 Å². The van der Waals surface area contributed by atoms with Gasteiger partial charge in [-0.1, -0.05) is 6.92 Å². The van der Waals surface area contributed by atoms with Crippen LogP contribution in [0.1, 0.15) is 27.2 Å². The van der Waals surface area contributed by atoms with Crippen LogP contribution < -0.4 is 0 Å². The first kappa shape index (κ1) is 17.2. The standard InChI is InChI=1S/C12H22N2O5/c1-6-7-14(8-9(15)19-5)11(18)13(4)12(2,3)10(16)17/h6-8H2,1-5H3,(H,16,17). The summed E-state index contributed by atoms with van der Waals surface area (Å²) in [5, 5.41) is 9.10. The fourth-order valence-electron chi connectivity index (χ4n) is 1.33. The smallest absolute Gasteiger partial charge is 0.329 e. The largest absolute Gasteiger partial charge is 0.480 e. The number of hydrogen-bond acceptors (Lipinski definition) is 4. The zero-order valence-corrected chi connectivity index (χ0v) is 12.1. The monoisotopic (exact) mass is 274 g/mol. The molecule has 0 unspecified atom stereocenters. The number of carbonyl (C=O) groups is 3. The molecule has 0 aromatic carbocycles. The zero-order chi connectivity index (χ0) is 15.2. The van der Waals surface area contributed by atoms with Crippen LogP contribution in [0.5, 0.6) is 0 Å². The lowest BCUT2D eigenvalue weighted by Crippen LogP contribution is -2.56. The summed E-state index contributed by atoms with van der Waals surface area (Å²) in [6, 6.07) is -0.514. The number of aliphatic carboxylic acids is 1. The van der Waals surface area contributed by atoms with Crippen LogP contribution in [0.4, 0.5) is 4.79 Å². The number of rotatable bonds is 6. The summed E-state index contributed by atoms with van der Waals surface area (Å²) in [6.07, 6.45) is 0.657. The van der Waals surface area contributed by atoms with E-state index in [-0.39, 0.29) is 6.54 Å². The van der Waals surface area contributed by atoms with Gasteiger partial charge in [-0.25, -0.2) is 9.59 Å². The quantitative estimate of drug-likeness (QED) is 0.723. The molecular weight excluding hydrogens is 252 g/mol. The van der Waals surface area contributed by atoms with Gasteiger partial charge in [0.15, 0.2) is 0 Å². The van der Waals surface area contributed by atoms with Crippen molar-refractivity contribution in [3.63, 3.8) is 0 Å². The Morgan fingerprint density at radius 3 is 2.16 bits per heavy atom. The van der Waals surface area contributed by atoms with E-state index >= 15 is 0 Å². The van der Waals surface area contributed by atoms with Crippen molar-refractivity contribution in [2.45, 2.75) is 32.7 Å². The number of amides is 2. The van der Waals surface area contributed by atoms with Crippen molar-refractivity contribution in [3.05, 3.63) is 0 Å². The first-order valence-corrected chi connectivity index (χ1v) is 6.01. The molecule has 1 N–H and O–H groups in total. The number of carbonyl (C=O) groups excluding carboxylic acids is 2. The molecule has 7 nitrogen and oxygen atoms in total. The molecule has 110 valence electrons. The van der Waals surface area contributed by atoms with Crippen molar-refractivity contribution in [2.24, 2.45) is 0 Å². The lowest BCUT2D eigenvalue weighted by Gasteiger charge is -2.35. The third-order valence-electron chi connectivity index (χ3n) is 2.96. The van der Waals surface area contributed by atoms with Crippen LogP contribution in [0.2, 0.25) is 0 Å². The number of carboxylic acid groups (broad SMARTS) is 1. The average molecular weight is 274 g/mol. The van der Waals surface area contributed by atoms with Gasteiger partial charge in [-0.3, -0.25) is 4.79 Å². The fourth-order valence-corrected chi connectivity index (χ4v) is 1.33. The summed E-state index contributed by atoms with van der Waals surface area (Å²) in [5.41, 5.74) is -1.35. The van der Waals surface area contributed by atoms with Crippen molar-refractivity contribution in [2.75, 3.05) is 27.2 Å². The molecule has 0 fully saturated rings. The maximum atomic E-state index is 12.2. The van der Waals surface area contributed by atoms with Gasteiger partial charge >= 0.3 is 18.0 Å². The van der Waals surface area contributed by atoms with Crippen molar-refractivity contribution >= 4 is 18.0 Å². The fraction of sp³-hybridized carbons (Fsp3) is 0.750. The number of nitrogens with zero attached hydrogens (tertiary/aromatic N) is 2. The predicted molar refractivity (Wildman–Crippen MR) is 68.8 cm³/mol. The van der Waals surface area contributed by atoms with Crippen molar-refractivity contribution in [1.82, 2.24) is 9.80 Å². The second-order valence-corrected chi connectivity index (χ2v) is 4.70. The molecule has 0 aromatic heterocycles. The molecule has 0 heterocycles. The summed E-state index contributed by atoms with van der Waals surface area (Å²) in [6.45, 7) is 4.88. The molecule has 0 aromatic rings. The van der Waals surface area contributed by atoms with Gasteiger partial charge in [-0.15, -0.1) is 0 Å². The van der Waals surface area contributed by atoms with E-state index in [2.05, 4.69) is 4.74 Å². The van der Waals surface area contributed by atoms with Crippen LogP contribution in [-0.2, 0) is 14.3 Å². The van der Waals surface area contributed by atoms with Crippen LogP contribution >= 0.6 is 0 Å². The van der Waals surface area contributed by atoms with Gasteiger partial charge in [0.1, 0.15) is 12.1 Å². The van der Waals surface area contributed by atoms with Crippen molar-refractivity contribution in [1.29, 1.82) is 0 Å². The number of methoxy groups -OCH3 is 1. The lowest BCUT2D eigenvalue weighted by molar-refractivity contribution is -0.147. The highest BCUT2D eigenvalue weighted by molar-refractivity contribution is 5.87. The van der Waals surface area contributed by atoms with E-state index in [1.807, 2.05) is 6.92 Å². The Labute approximate surface area is 113 Å². The van der Waals surface area contributed by atoms with Gasteiger partial charge in [-0.05, 0) is 20.3 Å². The molecule has 0 aliphatic heterocycles. The van der Waals surface area contributed by atoms with Gasteiger partial charge in [0.2, 0.25) is 0 Å². The molecule has 7 heteroatoms. The van der Waals surface area contributed by atoms with E-state index in [0.29, 0.717) is 13.0 Å². The highest BCUT2D eigenvalue weighted by atomic mass is 16.5. The minimum atomic E-state index is -1.35. The predicted octanol–water partition coefficient (Wildman–Crippen LogP) is 0.786. The third kappa shape index (κ3) is 4.42. The number of carboxylic acids is 1. The Morgan fingerprint density at radius 1 is 1.26 bits per heavy atom. The van der Waals surface area contributed by atoms with Gasteiger partial charge in [0.25, 0.3) is 0 Å². The van der Waals surface area contributed by atoms with Gasteiger partial charge < -0.3 is 19.6 Å². The zero-order valence-electron chi connectivity index (χ0n) is 12.1. The summed E-state index contributed by atoms with van der Waals surface area (Å²) in [5.74, 6) is -1.65. The highest BCUT2D eigenvalue weighted by Crippen LogP contribution is 2.15. The number of esters is 1. The average Bonchev–Trinajstić information content (AvgIpc) is 2.35. The molecular formula is C12H22N2O5. The highest BCUT2D eigenvalue weighted by Gasteiger charge is 2.37. The molecule has 0 aliphatic carbocycles. The molecule has 0 rings (SSSR count). The van der Waals surface area contributed by atoms with Crippen molar-refractivity contribution < 1.29 is 24.2 Å². The minimum absolute atomic E-state index is 0.191. The number of urea groups is 1. The molecule has 0 atom stereocenters. The topological polar surface area (TPSA) is 87.2 Å². The first-order chi connectivity index (χ1) is 8.68. The van der Waals surface area contributed by atoms with Crippen molar-refractivity contribution in [3.8, 4) is 0 Å². The van der Waals surface area contributed by atoms with E-state index in [4.69, 9.17) is 5.11 Å². The molecule has 0 saturated heterocycles. The van der Waals surface area contributed by atoms with Crippen LogP contribution in [0.15, 0.2) is 0 Å². The SMILES string of the molecule is CCCN(CC(=O)OC)C(=O)N(C)C(C)(C)C(=O)O. The molecule has 0 saturated carbocycles. The molecule has 0 spiro atoms. The Bertz CT molecular complexity index is 354. The lowest BCUT2D eigenvalue weighted by atomic mass is 10.0. The number of likely N-dealkylation sites (N-methyl/N-ethyl adjacent to an activating group) is 1. The van der Waals surface area contributed by atoms with Gasteiger partial charge in [-0.2, -0.15) is 0 Å². The van der Waals surface area contributed by atoms with Crippen LogP contribution in [0.25, 0.3) is 0 Å². The van der Waals surface area contributed by atoms with E-state index < -0.39 is 23.5 Å². The Kier molecular flexibility index (Phi) is 6.31. The second-order valence-electron chi connectivity index (χ2n) is 4.70. The van der Waals surface area contributed by atoms with Crippen LogP contribution in [0, 0.1) is 0 Å². The number of hydrogen-bond donors (Lipinski definition) is 1. The minimum Gasteiger partial charge on any atom is -0.480 e. The molecule has 0 radical (unpaired) electrons. The van der Waals surface area contributed by atoms with E-state index in [1.54, 1.807) is 0 Å². The second kappa shape index (κ2) is 6.96. The van der Waals surface area contributed by atoms with E-state index in [0.717, 1.165) is 4.90 Å². The van der Waals surface area contributed by atoms with Crippen LogP contribution in [0.3, 0.4) is 0 Å². The summed E-state index contributed by atoms with van der Waals surface area (Å²) in [4.78, 5) is 37.0. The van der Waals surface area contributed by atoms with E-state index in [1.165, 1.54) is 32.9 Å². The Hall–Kier alpha value is -1.79. The third-order valence-corrected chi connectivity index (χ3v) is 2.96. The summed E-state index contributed by atoms with van der Waals surface area (Å²) >= 11 is 0. The maximum Gasteiger partial charge on any atom is 0.329 e. The molecule has 0 bridgehead atoms. The van der Waals surface area contributed by atoms with E-state index in [9.17, 15) is 14.4 Å². The normalized spacial score (nSPS) is 10.8. The Morgan fingerprint density at radius 2 is 1.79 bits per heavy atom.